The first kappa shape index (κ1) is 17.0. The van der Waals surface area contributed by atoms with Gasteiger partial charge in [-0.05, 0) is 42.1 Å². The van der Waals surface area contributed by atoms with Gasteiger partial charge in [0.25, 0.3) is 0 Å². The van der Waals surface area contributed by atoms with Gasteiger partial charge in [0.05, 0.1) is 16.3 Å². The standard InChI is InChI=1S/C15H14ClN3O4/c1-2-19(22,23)12-7-8-14(13(16)9-12)18-17-11-5-3-10(4-6-11)15(20)21/h3-9,22-23H,2H2,1H3/p+1. The number of carboxylic acids is 1. The molecule has 0 heterocycles. The highest BCUT2D eigenvalue weighted by atomic mass is 35.5. The van der Waals surface area contributed by atoms with Crippen LogP contribution in [0.5, 0.6) is 0 Å². The van der Waals surface area contributed by atoms with Crippen LogP contribution in [0.3, 0.4) is 0 Å². The molecule has 0 aromatic heterocycles. The van der Waals surface area contributed by atoms with E-state index in [0.717, 1.165) is 0 Å². The Bertz CT molecular complexity index is 745. The van der Waals surface area contributed by atoms with Crippen molar-refractivity contribution < 1.29 is 20.3 Å². The molecule has 2 aromatic carbocycles. The number of hydrogen-bond donors (Lipinski definition) is 3. The number of carboxylic acid groups (broad SMARTS) is 1. The third-order valence-corrected chi connectivity index (χ3v) is 3.48. The van der Waals surface area contributed by atoms with E-state index in [9.17, 15) is 15.2 Å². The summed E-state index contributed by atoms with van der Waals surface area (Å²) in [5.41, 5.74) is 1.19. The predicted octanol–water partition coefficient (Wildman–Crippen LogP) is 4.56. The van der Waals surface area contributed by atoms with Gasteiger partial charge in [0.2, 0.25) is 5.69 Å². The van der Waals surface area contributed by atoms with Crippen molar-refractivity contribution in [3.8, 4) is 0 Å². The molecular weight excluding hydrogens is 322 g/mol. The fourth-order valence-corrected chi connectivity index (χ4v) is 1.98. The Balaban J connectivity index is 2.21. The molecule has 0 spiro atoms. The molecule has 0 amide bonds. The number of aromatic carboxylic acids is 1. The van der Waals surface area contributed by atoms with Crippen LogP contribution < -0.4 is 4.81 Å². The van der Waals surface area contributed by atoms with E-state index < -0.39 is 10.8 Å². The first-order valence-electron chi connectivity index (χ1n) is 6.72. The van der Waals surface area contributed by atoms with E-state index in [2.05, 4.69) is 10.2 Å². The van der Waals surface area contributed by atoms with E-state index in [1.165, 1.54) is 42.5 Å². The van der Waals surface area contributed by atoms with Crippen LogP contribution in [0.2, 0.25) is 5.02 Å². The second kappa shape index (κ2) is 6.84. The van der Waals surface area contributed by atoms with Gasteiger partial charge in [-0.15, -0.1) is 5.11 Å². The number of halogens is 1. The average molecular weight is 337 g/mol. The number of benzene rings is 2. The van der Waals surface area contributed by atoms with Gasteiger partial charge < -0.3 is 5.11 Å². The van der Waals surface area contributed by atoms with Gasteiger partial charge in [-0.25, -0.2) is 4.79 Å². The highest BCUT2D eigenvalue weighted by Crippen LogP contribution is 2.32. The molecule has 0 aliphatic heterocycles. The normalized spacial score (nSPS) is 11.8. The number of rotatable bonds is 5. The van der Waals surface area contributed by atoms with Crippen LogP contribution in [0.1, 0.15) is 17.3 Å². The number of hydroxylamine groups is 2. The lowest BCUT2D eigenvalue weighted by molar-refractivity contribution is -0.287. The highest BCUT2D eigenvalue weighted by Gasteiger charge is 2.24. The van der Waals surface area contributed by atoms with Crippen molar-refractivity contribution >= 4 is 34.6 Å². The maximum atomic E-state index is 10.8. The number of carbonyl (C=O) groups is 1. The Kier molecular flexibility index (Phi) is 5.07. The number of hydrogen-bond acceptors (Lipinski definition) is 5. The molecule has 8 heteroatoms. The minimum atomic E-state index is -1.27. The molecule has 0 saturated heterocycles. The lowest BCUT2D eigenvalue weighted by Crippen LogP contribution is -2.41. The monoisotopic (exact) mass is 336 g/mol. The van der Waals surface area contributed by atoms with Gasteiger partial charge in [0.1, 0.15) is 12.2 Å². The van der Waals surface area contributed by atoms with Crippen LogP contribution >= 0.6 is 11.6 Å². The number of quaternary nitrogens is 1. The number of nitrogens with zero attached hydrogens (tertiary/aromatic N) is 3. The van der Waals surface area contributed by atoms with Crippen molar-refractivity contribution in [1.82, 2.24) is 4.81 Å². The van der Waals surface area contributed by atoms with Gasteiger partial charge >= 0.3 is 5.97 Å². The summed E-state index contributed by atoms with van der Waals surface area (Å²) >= 11 is 6.06. The van der Waals surface area contributed by atoms with Crippen LogP contribution in [0, 0.1) is 0 Å². The van der Waals surface area contributed by atoms with Crippen molar-refractivity contribution in [2.24, 2.45) is 10.2 Å². The Morgan fingerprint density at radius 1 is 1.13 bits per heavy atom. The molecule has 7 nitrogen and oxygen atoms in total. The lowest BCUT2D eigenvalue weighted by atomic mass is 10.2. The Labute approximate surface area is 137 Å². The Morgan fingerprint density at radius 3 is 2.30 bits per heavy atom. The summed E-state index contributed by atoms with van der Waals surface area (Å²) < 4.78 is 0. The van der Waals surface area contributed by atoms with Crippen molar-refractivity contribution in [3.63, 3.8) is 0 Å². The van der Waals surface area contributed by atoms with Gasteiger partial charge in [0, 0.05) is 12.1 Å². The van der Waals surface area contributed by atoms with Crippen LogP contribution in [0.15, 0.2) is 52.7 Å². The summed E-state index contributed by atoms with van der Waals surface area (Å²) in [6.45, 7) is 1.68. The quantitative estimate of drug-likeness (QED) is 0.423. The van der Waals surface area contributed by atoms with E-state index in [1.807, 2.05) is 0 Å². The van der Waals surface area contributed by atoms with E-state index in [4.69, 9.17) is 16.7 Å². The van der Waals surface area contributed by atoms with Crippen molar-refractivity contribution in [3.05, 3.63) is 53.1 Å². The zero-order chi connectivity index (χ0) is 17.0. The fraction of sp³-hybridized carbons (Fsp3) is 0.133. The summed E-state index contributed by atoms with van der Waals surface area (Å²) in [6.07, 6.45) is 0. The molecule has 0 radical (unpaired) electrons. The largest absolute Gasteiger partial charge is 0.478 e. The van der Waals surface area contributed by atoms with Gasteiger partial charge in [-0.1, -0.05) is 11.6 Å². The zero-order valence-electron chi connectivity index (χ0n) is 12.2. The summed E-state index contributed by atoms with van der Waals surface area (Å²) in [5, 5.41) is 36.4. The summed E-state index contributed by atoms with van der Waals surface area (Å²) in [4.78, 5) is 9.49. The molecule has 2 aromatic rings. The smallest absolute Gasteiger partial charge is 0.335 e. The molecule has 0 bridgehead atoms. The van der Waals surface area contributed by atoms with E-state index in [0.29, 0.717) is 11.4 Å². The maximum Gasteiger partial charge on any atom is 0.335 e. The third kappa shape index (κ3) is 4.11. The third-order valence-electron chi connectivity index (χ3n) is 3.17. The SMILES string of the molecule is CC[N+](O)(O)c1ccc(N=Nc2ccc(C(=O)O)cc2)c(Cl)c1. The molecule has 0 aliphatic carbocycles. The van der Waals surface area contributed by atoms with Gasteiger partial charge in [0.15, 0.2) is 0 Å². The summed E-state index contributed by atoms with van der Waals surface area (Å²) in [5.74, 6) is -1.02. The Morgan fingerprint density at radius 2 is 1.78 bits per heavy atom. The molecule has 120 valence electrons. The summed E-state index contributed by atoms with van der Waals surface area (Å²) in [7, 11) is 0. The van der Waals surface area contributed by atoms with Crippen LogP contribution in [-0.2, 0) is 0 Å². The topological polar surface area (TPSA) is 102 Å². The minimum Gasteiger partial charge on any atom is -0.478 e. The molecular formula is C15H15ClN3O4+. The van der Waals surface area contributed by atoms with Gasteiger partial charge in [-0.2, -0.15) is 15.5 Å². The van der Waals surface area contributed by atoms with Crippen LogP contribution in [0.25, 0.3) is 0 Å². The molecule has 0 aliphatic rings. The molecule has 23 heavy (non-hydrogen) atoms. The Hall–Kier alpha value is -2.32. The molecule has 0 saturated carbocycles. The minimum absolute atomic E-state index is 0.0626. The fourth-order valence-electron chi connectivity index (χ4n) is 1.76. The van der Waals surface area contributed by atoms with E-state index in [1.54, 1.807) is 6.92 Å². The van der Waals surface area contributed by atoms with Crippen molar-refractivity contribution in [1.29, 1.82) is 0 Å². The highest BCUT2D eigenvalue weighted by molar-refractivity contribution is 6.33. The average Bonchev–Trinajstić information content (AvgIpc) is 2.54. The summed E-state index contributed by atoms with van der Waals surface area (Å²) in [6, 6.07) is 10.3. The van der Waals surface area contributed by atoms with Gasteiger partial charge in [-0.3, -0.25) is 0 Å². The molecule has 0 atom stereocenters. The van der Waals surface area contributed by atoms with E-state index in [-0.39, 0.29) is 22.8 Å². The zero-order valence-corrected chi connectivity index (χ0v) is 13.0. The lowest BCUT2D eigenvalue weighted by Gasteiger charge is -2.18. The first-order valence-corrected chi connectivity index (χ1v) is 7.10. The predicted molar refractivity (Wildman–Crippen MR) is 84.9 cm³/mol. The second-order valence-corrected chi connectivity index (χ2v) is 5.14. The van der Waals surface area contributed by atoms with Crippen LogP contribution in [0.4, 0.5) is 17.1 Å². The first-order chi connectivity index (χ1) is 10.8. The number of azo groups is 1. The molecule has 0 unspecified atom stereocenters. The molecule has 0 fully saturated rings. The van der Waals surface area contributed by atoms with Crippen molar-refractivity contribution in [2.45, 2.75) is 6.92 Å². The van der Waals surface area contributed by atoms with Crippen LogP contribution in [-0.4, -0.2) is 28.0 Å². The van der Waals surface area contributed by atoms with E-state index >= 15 is 0 Å². The second-order valence-electron chi connectivity index (χ2n) is 4.73. The molecule has 3 N–H and O–H groups in total. The maximum absolute atomic E-state index is 10.8. The molecule has 2 rings (SSSR count). The van der Waals surface area contributed by atoms with Crippen molar-refractivity contribution in [2.75, 3.05) is 6.54 Å².